The molecule has 0 radical (unpaired) electrons. The maximum Gasteiger partial charge on any atom is 0.241 e. The van der Waals surface area contributed by atoms with Gasteiger partial charge in [-0.2, -0.15) is 0 Å². The minimum absolute atomic E-state index is 0.145. The lowest BCUT2D eigenvalue weighted by atomic mass is 10.2. The fraction of sp³-hybridized carbons (Fsp3) is 0.235. The van der Waals surface area contributed by atoms with E-state index in [0.29, 0.717) is 12.2 Å². The van der Waals surface area contributed by atoms with Crippen molar-refractivity contribution in [2.75, 3.05) is 12.4 Å². The smallest absolute Gasteiger partial charge is 0.241 e. The zero-order valence-electron chi connectivity index (χ0n) is 12.8. The SMILES string of the molecule is CC(C(=O)Nc1ccc(F)cc1Cl)N(C)Cc1ccc(F)cc1. The van der Waals surface area contributed by atoms with Crippen molar-refractivity contribution in [2.24, 2.45) is 0 Å². The lowest BCUT2D eigenvalue weighted by Crippen LogP contribution is -2.39. The van der Waals surface area contributed by atoms with Gasteiger partial charge in [0.1, 0.15) is 11.6 Å². The number of hydrogen-bond donors (Lipinski definition) is 1. The molecule has 1 amide bonds. The summed E-state index contributed by atoms with van der Waals surface area (Å²) in [7, 11) is 1.79. The van der Waals surface area contributed by atoms with Crippen LogP contribution in [0.1, 0.15) is 12.5 Å². The Morgan fingerprint density at radius 1 is 1.17 bits per heavy atom. The highest BCUT2D eigenvalue weighted by atomic mass is 35.5. The van der Waals surface area contributed by atoms with Gasteiger partial charge in [-0.05, 0) is 49.9 Å². The summed E-state index contributed by atoms with van der Waals surface area (Å²) in [6.07, 6.45) is 0. The number of halogens is 3. The second-order valence-corrected chi connectivity index (χ2v) is 5.74. The first-order chi connectivity index (χ1) is 10.9. The zero-order valence-corrected chi connectivity index (χ0v) is 13.6. The van der Waals surface area contributed by atoms with E-state index in [9.17, 15) is 13.6 Å². The molecule has 23 heavy (non-hydrogen) atoms. The van der Waals surface area contributed by atoms with E-state index < -0.39 is 11.9 Å². The first-order valence-electron chi connectivity index (χ1n) is 7.07. The first-order valence-corrected chi connectivity index (χ1v) is 7.45. The number of nitrogens with one attached hydrogen (secondary N) is 1. The first kappa shape index (κ1) is 17.4. The predicted octanol–water partition coefficient (Wildman–Crippen LogP) is 4.08. The number of anilines is 1. The van der Waals surface area contributed by atoms with Crippen LogP contribution in [-0.4, -0.2) is 23.9 Å². The van der Waals surface area contributed by atoms with Crippen LogP contribution in [0.2, 0.25) is 5.02 Å². The van der Waals surface area contributed by atoms with Crippen molar-refractivity contribution in [2.45, 2.75) is 19.5 Å². The molecule has 0 saturated carbocycles. The fourth-order valence-corrected chi connectivity index (χ4v) is 2.26. The second-order valence-electron chi connectivity index (χ2n) is 5.33. The van der Waals surface area contributed by atoms with Crippen LogP contribution in [-0.2, 0) is 11.3 Å². The van der Waals surface area contributed by atoms with Gasteiger partial charge in [0, 0.05) is 6.54 Å². The van der Waals surface area contributed by atoms with E-state index in [4.69, 9.17) is 11.6 Å². The van der Waals surface area contributed by atoms with Gasteiger partial charge in [-0.25, -0.2) is 8.78 Å². The number of rotatable bonds is 5. The van der Waals surface area contributed by atoms with E-state index in [1.54, 1.807) is 26.1 Å². The molecular formula is C17H17ClF2N2O. The third-order valence-corrected chi connectivity index (χ3v) is 3.89. The van der Waals surface area contributed by atoms with Crippen LogP contribution in [0.3, 0.4) is 0 Å². The lowest BCUT2D eigenvalue weighted by Gasteiger charge is -2.24. The highest BCUT2D eigenvalue weighted by molar-refractivity contribution is 6.33. The van der Waals surface area contributed by atoms with Crippen LogP contribution >= 0.6 is 11.6 Å². The average molecular weight is 339 g/mol. The van der Waals surface area contributed by atoms with E-state index in [1.807, 2.05) is 4.90 Å². The number of carbonyl (C=O) groups excluding carboxylic acids is 1. The Bertz CT molecular complexity index is 691. The van der Waals surface area contributed by atoms with Crippen molar-refractivity contribution in [3.8, 4) is 0 Å². The van der Waals surface area contributed by atoms with E-state index in [-0.39, 0.29) is 16.7 Å². The molecular weight excluding hydrogens is 322 g/mol. The van der Waals surface area contributed by atoms with Gasteiger partial charge >= 0.3 is 0 Å². The summed E-state index contributed by atoms with van der Waals surface area (Å²) in [6, 6.07) is 9.46. The van der Waals surface area contributed by atoms with Crippen molar-refractivity contribution in [3.63, 3.8) is 0 Å². The Hall–Kier alpha value is -1.98. The van der Waals surface area contributed by atoms with Crippen LogP contribution in [0.5, 0.6) is 0 Å². The van der Waals surface area contributed by atoms with Gasteiger partial charge < -0.3 is 5.32 Å². The number of nitrogens with zero attached hydrogens (tertiary/aromatic N) is 1. The number of hydrogen-bond acceptors (Lipinski definition) is 2. The third-order valence-electron chi connectivity index (χ3n) is 3.57. The standard InChI is InChI=1S/C17H17ClF2N2O/c1-11(22(2)10-12-3-5-13(19)6-4-12)17(23)21-16-8-7-14(20)9-15(16)18/h3-9,11H,10H2,1-2H3,(H,21,23). The average Bonchev–Trinajstić information content (AvgIpc) is 2.51. The van der Waals surface area contributed by atoms with Gasteiger partial charge in [0.05, 0.1) is 16.8 Å². The molecule has 0 aliphatic heterocycles. The fourth-order valence-electron chi connectivity index (χ4n) is 2.04. The van der Waals surface area contributed by atoms with Gasteiger partial charge in [-0.3, -0.25) is 9.69 Å². The molecule has 1 N–H and O–H groups in total. The van der Waals surface area contributed by atoms with Crippen molar-refractivity contribution < 1.29 is 13.6 Å². The van der Waals surface area contributed by atoms with Gasteiger partial charge in [0.25, 0.3) is 0 Å². The van der Waals surface area contributed by atoms with E-state index in [2.05, 4.69) is 5.32 Å². The minimum atomic E-state index is -0.463. The van der Waals surface area contributed by atoms with Crippen LogP contribution in [0.4, 0.5) is 14.5 Å². The summed E-state index contributed by atoms with van der Waals surface area (Å²) in [4.78, 5) is 14.1. The maximum atomic E-state index is 13.0. The second kappa shape index (κ2) is 7.53. The summed E-state index contributed by atoms with van der Waals surface area (Å²) in [5.74, 6) is -1.02. The van der Waals surface area contributed by atoms with E-state index in [1.165, 1.54) is 24.3 Å². The van der Waals surface area contributed by atoms with Gasteiger partial charge in [0.2, 0.25) is 5.91 Å². The number of amides is 1. The van der Waals surface area contributed by atoms with Crippen LogP contribution in [0.25, 0.3) is 0 Å². The number of likely N-dealkylation sites (N-methyl/N-ethyl adjacent to an activating group) is 1. The molecule has 0 aromatic heterocycles. The van der Waals surface area contributed by atoms with Crippen molar-refractivity contribution >= 4 is 23.2 Å². The molecule has 2 rings (SSSR count). The molecule has 122 valence electrons. The van der Waals surface area contributed by atoms with Crippen molar-refractivity contribution in [3.05, 3.63) is 64.7 Å². The van der Waals surface area contributed by atoms with Crippen molar-refractivity contribution in [1.82, 2.24) is 4.90 Å². The molecule has 1 atom stereocenters. The van der Waals surface area contributed by atoms with E-state index >= 15 is 0 Å². The lowest BCUT2D eigenvalue weighted by molar-refractivity contribution is -0.120. The molecule has 1 unspecified atom stereocenters. The quantitative estimate of drug-likeness (QED) is 0.891. The summed E-state index contributed by atoms with van der Waals surface area (Å²) in [6.45, 7) is 2.24. The van der Waals surface area contributed by atoms with Crippen LogP contribution in [0, 0.1) is 11.6 Å². The Labute approximate surface area is 138 Å². The zero-order chi connectivity index (χ0) is 17.0. The van der Waals surface area contributed by atoms with Gasteiger partial charge in [-0.15, -0.1) is 0 Å². The highest BCUT2D eigenvalue weighted by Gasteiger charge is 2.19. The monoisotopic (exact) mass is 338 g/mol. The molecule has 0 spiro atoms. The normalized spacial score (nSPS) is 12.3. The Kier molecular flexibility index (Phi) is 5.69. The van der Waals surface area contributed by atoms with Crippen molar-refractivity contribution in [1.29, 1.82) is 0 Å². The summed E-state index contributed by atoms with van der Waals surface area (Å²) in [5.41, 5.74) is 1.26. The Morgan fingerprint density at radius 3 is 2.39 bits per heavy atom. The molecule has 0 aliphatic rings. The third kappa shape index (κ3) is 4.74. The van der Waals surface area contributed by atoms with Crippen LogP contribution in [0.15, 0.2) is 42.5 Å². The highest BCUT2D eigenvalue weighted by Crippen LogP contribution is 2.22. The minimum Gasteiger partial charge on any atom is -0.323 e. The largest absolute Gasteiger partial charge is 0.323 e. The molecule has 2 aromatic rings. The molecule has 2 aromatic carbocycles. The van der Waals surface area contributed by atoms with Crippen LogP contribution < -0.4 is 5.32 Å². The number of benzene rings is 2. The topological polar surface area (TPSA) is 32.3 Å². The summed E-state index contributed by atoms with van der Waals surface area (Å²) >= 11 is 5.90. The van der Waals surface area contributed by atoms with E-state index in [0.717, 1.165) is 11.6 Å². The predicted molar refractivity (Wildman–Crippen MR) is 87.4 cm³/mol. The molecule has 0 heterocycles. The number of carbonyl (C=O) groups is 1. The molecule has 6 heteroatoms. The molecule has 0 aliphatic carbocycles. The molecule has 0 bridgehead atoms. The molecule has 0 saturated heterocycles. The van der Waals surface area contributed by atoms with Gasteiger partial charge in [0.15, 0.2) is 0 Å². The Balaban J connectivity index is 1.99. The molecule has 0 fully saturated rings. The summed E-state index contributed by atoms with van der Waals surface area (Å²) in [5, 5.41) is 2.82. The molecule has 3 nitrogen and oxygen atoms in total. The Morgan fingerprint density at radius 2 is 1.78 bits per heavy atom. The summed E-state index contributed by atoms with van der Waals surface area (Å²) < 4.78 is 25.9. The maximum absolute atomic E-state index is 13.0. The van der Waals surface area contributed by atoms with Gasteiger partial charge in [-0.1, -0.05) is 23.7 Å².